The van der Waals surface area contributed by atoms with E-state index in [0.717, 1.165) is 17.0 Å². The van der Waals surface area contributed by atoms with E-state index in [-0.39, 0.29) is 6.42 Å². The third-order valence-corrected chi connectivity index (χ3v) is 2.56. The molecule has 0 amide bonds. The molecule has 0 spiro atoms. The van der Waals surface area contributed by atoms with Gasteiger partial charge in [0.1, 0.15) is 0 Å². The number of nitrogens with zero attached hydrogens (tertiary/aromatic N) is 1. The number of aliphatic carboxylic acids is 1. The summed E-state index contributed by atoms with van der Waals surface area (Å²) in [6.45, 7) is 2.03. The summed E-state index contributed by atoms with van der Waals surface area (Å²) in [7, 11) is 0. The van der Waals surface area contributed by atoms with E-state index in [2.05, 4.69) is 4.98 Å². The van der Waals surface area contributed by atoms with Crippen molar-refractivity contribution in [1.82, 2.24) is 4.98 Å². The van der Waals surface area contributed by atoms with Crippen LogP contribution in [0.4, 0.5) is 0 Å². The summed E-state index contributed by atoms with van der Waals surface area (Å²) >= 11 is 1.54. The van der Waals surface area contributed by atoms with E-state index >= 15 is 0 Å². The first-order valence-electron chi connectivity index (χ1n) is 3.87. The molecule has 0 aliphatic rings. The molecule has 66 valence electrons. The Balaban J connectivity index is 2.56. The Morgan fingerprint density at radius 3 is 3.08 bits per heavy atom. The summed E-state index contributed by atoms with van der Waals surface area (Å²) in [5.74, 6) is -0.745. The van der Waals surface area contributed by atoms with Gasteiger partial charge in [-0.05, 0) is 12.8 Å². The van der Waals surface area contributed by atoms with Crippen LogP contribution in [0.25, 0.3) is 0 Å². The van der Waals surface area contributed by atoms with Crippen molar-refractivity contribution in [2.75, 3.05) is 0 Å². The van der Waals surface area contributed by atoms with E-state index in [1.54, 1.807) is 16.8 Å². The van der Waals surface area contributed by atoms with Crippen LogP contribution in [-0.2, 0) is 17.6 Å². The third-order valence-electron chi connectivity index (χ3n) is 1.63. The van der Waals surface area contributed by atoms with E-state index in [1.165, 1.54) is 0 Å². The lowest BCUT2D eigenvalue weighted by Gasteiger charge is -1.95. The van der Waals surface area contributed by atoms with E-state index in [9.17, 15) is 4.79 Å². The zero-order valence-corrected chi connectivity index (χ0v) is 7.73. The van der Waals surface area contributed by atoms with Crippen LogP contribution in [0.15, 0.2) is 5.51 Å². The van der Waals surface area contributed by atoms with Crippen LogP contribution in [-0.4, -0.2) is 16.1 Å². The second-order valence-corrected chi connectivity index (χ2v) is 3.41. The lowest BCUT2D eigenvalue weighted by molar-refractivity contribution is -0.136. The van der Waals surface area contributed by atoms with Crippen LogP contribution in [0.1, 0.15) is 23.9 Å². The van der Waals surface area contributed by atoms with Crippen LogP contribution < -0.4 is 0 Å². The number of hydrogen-bond acceptors (Lipinski definition) is 3. The Kier molecular flexibility index (Phi) is 3.22. The van der Waals surface area contributed by atoms with Crippen molar-refractivity contribution >= 4 is 17.3 Å². The minimum Gasteiger partial charge on any atom is -0.481 e. The monoisotopic (exact) mass is 185 g/mol. The molecule has 0 aliphatic heterocycles. The molecule has 4 heteroatoms. The summed E-state index contributed by atoms with van der Waals surface area (Å²) in [4.78, 5) is 15.5. The van der Waals surface area contributed by atoms with Gasteiger partial charge in [-0.25, -0.2) is 4.98 Å². The molecule has 1 rings (SSSR count). The van der Waals surface area contributed by atoms with E-state index in [4.69, 9.17) is 5.11 Å². The molecule has 0 bridgehead atoms. The summed E-state index contributed by atoms with van der Waals surface area (Å²) in [5, 5.41) is 8.46. The number of aromatic nitrogens is 1. The molecular weight excluding hydrogens is 174 g/mol. The first-order valence-corrected chi connectivity index (χ1v) is 4.75. The summed E-state index contributed by atoms with van der Waals surface area (Å²) < 4.78 is 0. The van der Waals surface area contributed by atoms with Crippen LogP contribution >= 0.6 is 11.3 Å². The number of hydrogen-bond donors (Lipinski definition) is 1. The molecule has 0 atom stereocenters. The fourth-order valence-electron chi connectivity index (χ4n) is 1.01. The number of carboxylic acid groups (broad SMARTS) is 1. The average molecular weight is 185 g/mol. The number of aryl methyl sites for hydroxylation is 2. The number of carboxylic acids is 1. The maximum absolute atomic E-state index is 10.3. The molecular formula is C8H11NO2S. The molecule has 1 aromatic rings. The van der Waals surface area contributed by atoms with Crippen LogP contribution in [0, 0.1) is 0 Å². The van der Waals surface area contributed by atoms with Crippen molar-refractivity contribution in [2.45, 2.75) is 26.2 Å². The van der Waals surface area contributed by atoms with Crippen molar-refractivity contribution in [3.63, 3.8) is 0 Å². The molecule has 12 heavy (non-hydrogen) atoms. The quantitative estimate of drug-likeness (QED) is 0.777. The van der Waals surface area contributed by atoms with Crippen LogP contribution in [0.3, 0.4) is 0 Å². The Morgan fingerprint density at radius 1 is 1.75 bits per heavy atom. The van der Waals surface area contributed by atoms with E-state index in [0.29, 0.717) is 6.42 Å². The lowest BCUT2D eigenvalue weighted by atomic mass is 10.2. The van der Waals surface area contributed by atoms with Gasteiger partial charge in [-0.3, -0.25) is 4.79 Å². The average Bonchev–Trinajstić information content (AvgIpc) is 2.47. The van der Waals surface area contributed by atoms with Crippen molar-refractivity contribution < 1.29 is 9.90 Å². The summed E-state index contributed by atoms with van der Waals surface area (Å²) in [5.41, 5.74) is 2.82. The van der Waals surface area contributed by atoms with Gasteiger partial charge < -0.3 is 5.11 Å². The van der Waals surface area contributed by atoms with E-state index < -0.39 is 5.97 Å². The topological polar surface area (TPSA) is 50.2 Å². The smallest absolute Gasteiger partial charge is 0.303 e. The minimum atomic E-state index is -0.745. The van der Waals surface area contributed by atoms with Crippen LogP contribution in [0.5, 0.6) is 0 Å². The van der Waals surface area contributed by atoms with Gasteiger partial charge in [0, 0.05) is 4.88 Å². The maximum Gasteiger partial charge on any atom is 0.303 e. The molecule has 0 saturated heterocycles. The van der Waals surface area contributed by atoms with Gasteiger partial charge in [0.05, 0.1) is 17.6 Å². The van der Waals surface area contributed by atoms with Crippen molar-refractivity contribution in [1.29, 1.82) is 0 Å². The molecule has 1 heterocycles. The Hall–Kier alpha value is -0.900. The van der Waals surface area contributed by atoms with Crippen molar-refractivity contribution in [3.8, 4) is 0 Å². The Morgan fingerprint density at radius 2 is 2.50 bits per heavy atom. The van der Waals surface area contributed by atoms with Gasteiger partial charge in [-0.2, -0.15) is 0 Å². The highest BCUT2D eigenvalue weighted by Gasteiger charge is 2.05. The number of rotatable bonds is 4. The van der Waals surface area contributed by atoms with Crippen molar-refractivity contribution in [2.24, 2.45) is 0 Å². The normalized spacial score (nSPS) is 10.1. The molecule has 1 N–H and O–H groups in total. The standard InChI is InChI=1S/C8H11NO2S/c1-2-6-7(12-5-9-6)3-4-8(10)11/h5H,2-4H2,1H3,(H,10,11). The second-order valence-electron chi connectivity index (χ2n) is 2.47. The fourth-order valence-corrected chi connectivity index (χ4v) is 1.87. The SMILES string of the molecule is CCc1ncsc1CCC(=O)O. The molecule has 1 aromatic heterocycles. The highest BCUT2D eigenvalue weighted by molar-refractivity contribution is 7.09. The van der Waals surface area contributed by atoms with Gasteiger partial charge in [-0.15, -0.1) is 11.3 Å². The van der Waals surface area contributed by atoms with Gasteiger partial charge in [0.15, 0.2) is 0 Å². The first-order chi connectivity index (χ1) is 5.74. The van der Waals surface area contributed by atoms with Crippen LogP contribution in [0.2, 0.25) is 0 Å². The largest absolute Gasteiger partial charge is 0.481 e. The Labute approximate surface area is 75.1 Å². The van der Waals surface area contributed by atoms with Crippen molar-refractivity contribution in [3.05, 3.63) is 16.1 Å². The molecule has 3 nitrogen and oxygen atoms in total. The molecule has 0 aliphatic carbocycles. The van der Waals surface area contributed by atoms with Gasteiger partial charge in [0.2, 0.25) is 0 Å². The second kappa shape index (κ2) is 4.21. The number of carbonyl (C=O) groups is 1. The van der Waals surface area contributed by atoms with Gasteiger partial charge in [0.25, 0.3) is 0 Å². The first kappa shape index (κ1) is 9.19. The third kappa shape index (κ3) is 2.30. The molecule has 0 saturated carbocycles. The molecule has 0 unspecified atom stereocenters. The zero-order chi connectivity index (χ0) is 8.97. The molecule has 0 radical (unpaired) electrons. The zero-order valence-electron chi connectivity index (χ0n) is 6.91. The minimum absolute atomic E-state index is 0.204. The van der Waals surface area contributed by atoms with Gasteiger partial charge >= 0.3 is 5.97 Å². The lowest BCUT2D eigenvalue weighted by Crippen LogP contribution is -1.98. The highest BCUT2D eigenvalue weighted by Crippen LogP contribution is 2.15. The number of thiazole rings is 1. The molecule has 0 aromatic carbocycles. The van der Waals surface area contributed by atoms with Gasteiger partial charge in [-0.1, -0.05) is 6.92 Å². The summed E-state index contributed by atoms with van der Waals surface area (Å²) in [6, 6.07) is 0. The van der Waals surface area contributed by atoms with E-state index in [1.807, 2.05) is 6.92 Å². The fraction of sp³-hybridized carbons (Fsp3) is 0.500. The summed E-state index contributed by atoms with van der Waals surface area (Å²) in [6.07, 6.45) is 1.71. The molecule has 0 fully saturated rings. The predicted octanol–water partition coefficient (Wildman–Crippen LogP) is 1.72. The Bertz CT molecular complexity index is 270. The predicted molar refractivity (Wildman–Crippen MR) is 47.4 cm³/mol. The maximum atomic E-state index is 10.3. The highest BCUT2D eigenvalue weighted by atomic mass is 32.1.